The number of hydrogen-bond donors (Lipinski definition) is 0. The number of ether oxygens (including phenoxy) is 1. The lowest BCUT2D eigenvalue weighted by molar-refractivity contribution is -0.144. The van der Waals surface area contributed by atoms with E-state index in [1.165, 1.54) is 17.6 Å². The van der Waals surface area contributed by atoms with E-state index in [1.807, 2.05) is 0 Å². The largest absolute Gasteiger partial charge is 0.431 e. The summed E-state index contributed by atoms with van der Waals surface area (Å²) in [7, 11) is 0.977. The highest BCUT2D eigenvalue weighted by Crippen LogP contribution is 2.28. The molecule has 0 unspecified atom stereocenters. The molecule has 0 aliphatic carbocycles. The second-order valence-electron chi connectivity index (χ2n) is 5.98. The molecule has 0 radical (unpaired) electrons. The van der Waals surface area contributed by atoms with Gasteiger partial charge in [-0.25, -0.2) is 9.36 Å². The van der Waals surface area contributed by atoms with Gasteiger partial charge < -0.3 is 4.74 Å². The molecule has 10 heteroatoms. The van der Waals surface area contributed by atoms with E-state index in [0.717, 1.165) is 11.7 Å². The van der Waals surface area contributed by atoms with Crippen molar-refractivity contribution < 1.29 is 17.9 Å². The quantitative estimate of drug-likeness (QED) is 0.461. The number of hydrogen-bond acceptors (Lipinski definition) is 5. The highest BCUT2D eigenvalue weighted by atomic mass is 32.1. The minimum atomic E-state index is -4.80. The van der Waals surface area contributed by atoms with E-state index < -0.39 is 23.1 Å². The maximum absolute atomic E-state index is 13.0. The molecule has 0 aliphatic heterocycles. The van der Waals surface area contributed by atoms with Crippen molar-refractivity contribution in [1.29, 1.82) is 0 Å². The zero-order valence-corrected chi connectivity index (χ0v) is 15.6. The van der Waals surface area contributed by atoms with Crippen molar-refractivity contribution in [2.45, 2.75) is 19.2 Å². The molecule has 3 aromatic rings. The summed E-state index contributed by atoms with van der Waals surface area (Å²) in [5, 5.41) is 0.676. The zero-order valence-electron chi connectivity index (χ0n) is 14.8. The third kappa shape index (κ3) is 3.78. The van der Waals surface area contributed by atoms with Crippen LogP contribution in [0.3, 0.4) is 0 Å². The molecule has 0 N–H and O–H groups in total. The van der Waals surface area contributed by atoms with E-state index in [-0.39, 0.29) is 12.3 Å². The van der Waals surface area contributed by atoms with E-state index in [0.29, 0.717) is 39.3 Å². The summed E-state index contributed by atoms with van der Waals surface area (Å²) in [5.41, 5.74) is -2.64. The zero-order chi connectivity index (χ0) is 20.5. The molecule has 148 valence electrons. The third-order valence-electron chi connectivity index (χ3n) is 4.10. The fraction of sp³-hybridized carbons (Fsp3) is 0.278. The summed E-state index contributed by atoms with van der Waals surface area (Å²) in [6.45, 7) is 4.31. The molecule has 0 fully saturated rings. The van der Waals surface area contributed by atoms with Crippen molar-refractivity contribution in [2.75, 3.05) is 6.61 Å². The van der Waals surface area contributed by atoms with Gasteiger partial charge >= 0.3 is 11.9 Å². The van der Waals surface area contributed by atoms with Crippen molar-refractivity contribution in [3.8, 4) is 5.69 Å². The van der Waals surface area contributed by atoms with Gasteiger partial charge in [0.25, 0.3) is 5.56 Å². The predicted molar refractivity (Wildman–Crippen MR) is 99.9 cm³/mol. The van der Waals surface area contributed by atoms with E-state index in [4.69, 9.17) is 4.74 Å². The molecule has 2 aromatic heterocycles. The topological polar surface area (TPSA) is 66.1 Å². The Morgan fingerprint density at radius 2 is 2.04 bits per heavy atom. The van der Waals surface area contributed by atoms with Gasteiger partial charge in [-0.3, -0.25) is 9.36 Å². The fourth-order valence-electron chi connectivity index (χ4n) is 2.69. The molecular formula is C18H16F3N3O3S. The molecule has 0 saturated carbocycles. The lowest BCUT2D eigenvalue weighted by atomic mass is 10.2. The first-order chi connectivity index (χ1) is 13.2. The van der Waals surface area contributed by atoms with Crippen LogP contribution in [-0.4, -0.2) is 20.1 Å². The number of benzene rings is 1. The smallest absolute Gasteiger partial charge is 0.375 e. The number of alkyl halides is 3. The predicted octanol–water partition coefficient (Wildman–Crippen LogP) is 3.26. The van der Waals surface area contributed by atoms with Crippen LogP contribution >= 0.6 is 11.5 Å². The number of aromatic nitrogens is 3. The van der Waals surface area contributed by atoms with Crippen molar-refractivity contribution in [1.82, 2.24) is 13.5 Å². The lowest BCUT2D eigenvalue weighted by Crippen LogP contribution is -2.40. The van der Waals surface area contributed by atoms with Crippen LogP contribution in [-0.2, 0) is 24.6 Å². The van der Waals surface area contributed by atoms with E-state index in [2.05, 4.69) is 11.0 Å². The second-order valence-corrected chi connectivity index (χ2v) is 6.79. The van der Waals surface area contributed by atoms with Crippen LogP contribution in [0.4, 0.5) is 13.2 Å². The Labute approximate surface area is 161 Å². The first-order valence-corrected chi connectivity index (χ1v) is 8.99. The lowest BCUT2D eigenvalue weighted by Gasteiger charge is -2.14. The van der Waals surface area contributed by atoms with E-state index in [9.17, 15) is 22.8 Å². The summed E-state index contributed by atoms with van der Waals surface area (Å²) in [6, 6.07) is 5.13. The van der Waals surface area contributed by atoms with Crippen molar-refractivity contribution >= 4 is 21.6 Å². The van der Waals surface area contributed by atoms with Crippen LogP contribution in [0, 0.1) is 0 Å². The first kappa shape index (κ1) is 20.0. The standard InChI is InChI=1S/C18H16F3N3O3S/c1-3-4-7-27-10-13-12-8-11(5-6-14(12)28-22-13)24-16(25)9-15(18(19,20)21)23(2)17(24)26/h3,5-6,8-9H,1,4,7,10H2,2H3. The molecule has 0 spiro atoms. The van der Waals surface area contributed by atoms with Gasteiger partial charge in [0, 0.05) is 18.5 Å². The number of rotatable bonds is 6. The van der Waals surface area contributed by atoms with Crippen LogP contribution < -0.4 is 11.2 Å². The van der Waals surface area contributed by atoms with Gasteiger partial charge in [-0.1, -0.05) is 6.08 Å². The minimum Gasteiger partial charge on any atom is -0.375 e. The highest BCUT2D eigenvalue weighted by Gasteiger charge is 2.35. The molecule has 0 amide bonds. The van der Waals surface area contributed by atoms with Gasteiger partial charge in [0.15, 0.2) is 0 Å². The third-order valence-corrected chi connectivity index (χ3v) is 4.97. The summed E-state index contributed by atoms with van der Waals surface area (Å²) in [5.74, 6) is 0. The van der Waals surface area contributed by atoms with Crippen molar-refractivity contribution in [2.24, 2.45) is 7.05 Å². The van der Waals surface area contributed by atoms with Crippen LogP contribution in [0.15, 0.2) is 46.5 Å². The minimum absolute atomic E-state index is 0.166. The van der Waals surface area contributed by atoms with Gasteiger partial charge in [-0.05, 0) is 36.2 Å². The first-order valence-electron chi connectivity index (χ1n) is 8.21. The van der Waals surface area contributed by atoms with E-state index in [1.54, 1.807) is 18.2 Å². The van der Waals surface area contributed by atoms with Crippen molar-refractivity contribution in [3.05, 3.63) is 69.1 Å². The summed E-state index contributed by atoms with van der Waals surface area (Å²) in [6.07, 6.45) is -2.39. The fourth-order valence-corrected chi connectivity index (χ4v) is 3.45. The monoisotopic (exact) mass is 411 g/mol. The Kier molecular flexibility index (Phi) is 5.52. The van der Waals surface area contributed by atoms with Gasteiger partial charge in [0.1, 0.15) is 5.69 Å². The van der Waals surface area contributed by atoms with Crippen LogP contribution in [0.25, 0.3) is 15.8 Å². The Hall–Kier alpha value is -2.72. The summed E-state index contributed by atoms with van der Waals surface area (Å²) >= 11 is 1.23. The molecule has 2 heterocycles. The van der Waals surface area contributed by atoms with Gasteiger partial charge in [0.2, 0.25) is 0 Å². The second kappa shape index (κ2) is 7.72. The Morgan fingerprint density at radius 3 is 2.71 bits per heavy atom. The maximum Gasteiger partial charge on any atom is 0.431 e. The van der Waals surface area contributed by atoms with Gasteiger partial charge in [0.05, 0.1) is 29.3 Å². The maximum atomic E-state index is 13.0. The average molecular weight is 411 g/mol. The summed E-state index contributed by atoms with van der Waals surface area (Å²) in [4.78, 5) is 24.7. The molecule has 6 nitrogen and oxygen atoms in total. The van der Waals surface area contributed by atoms with E-state index >= 15 is 0 Å². The van der Waals surface area contributed by atoms with Crippen LogP contribution in [0.1, 0.15) is 17.8 Å². The molecule has 0 aliphatic rings. The number of halogens is 3. The van der Waals surface area contributed by atoms with Crippen LogP contribution in [0.5, 0.6) is 0 Å². The molecule has 0 bridgehead atoms. The molecule has 0 atom stereocenters. The Morgan fingerprint density at radius 1 is 1.29 bits per heavy atom. The van der Waals surface area contributed by atoms with Crippen LogP contribution in [0.2, 0.25) is 0 Å². The normalized spacial score (nSPS) is 11.9. The molecular weight excluding hydrogens is 395 g/mol. The van der Waals surface area contributed by atoms with Gasteiger partial charge in [-0.15, -0.1) is 6.58 Å². The molecule has 3 rings (SSSR count). The summed E-state index contributed by atoms with van der Waals surface area (Å²) < 4.78 is 50.7. The molecule has 0 saturated heterocycles. The Balaban J connectivity index is 2.07. The average Bonchev–Trinajstić information content (AvgIpc) is 3.03. The highest BCUT2D eigenvalue weighted by molar-refractivity contribution is 7.13. The molecule has 28 heavy (non-hydrogen) atoms. The number of fused-ring (bicyclic) bond motifs is 1. The number of nitrogens with zero attached hydrogens (tertiary/aromatic N) is 3. The van der Waals surface area contributed by atoms with Gasteiger partial charge in [-0.2, -0.15) is 17.5 Å². The van der Waals surface area contributed by atoms with Crippen molar-refractivity contribution in [3.63, 3.8) is 0 Å². The SMILES string of the molecule is C=CCCOCc1nsc2ccc(-n3c(=O)cc(C(F)(F)F)n(C)c3=O)cc12. The Bertz CT molecular complexity index is 1140. The molecule has 1 aromatic carbocycles.